The van der Waals surface area contributed by atoms with Crippen molar-refractivity contribution < 1.29 is 4.79 Å². The number of aryl methyl sites for hydroxylation is 1. The van der Waals surface area contributed by atoms with Crippen LogP contribution in [0.3, 0.4) is 0 Å². The van der Waals surface area contributed by atoms with Crippen molar-refractivity contribution in [1.82, 2.24) is 9.88 Å². The summed E-state index contributed by atoms with van der Waals surface area (Å²) in [5.74, 6) is 0. The van der Waals surface area contributed by atoms with Gasteiger partial charge in [-0.25, -0.2) is 0 Å². The van der Waals surface area contributed by atoms with Gasteiger partial charge in [0, 0.05) is 29.7 Å². The van der Waals surface area contributed by atoms with Crippen LogP contribution < -0.4 is 5.32 Å². The number of nitrogens with zero attached hydrogens (tertiary/aromatic N) is 1. The second kappa shape index (κ2) is 4.26. The van der Waals surface area contributed by atoms with E-state index in [4.69, 9.17) is 12.2 Å². The van der Waals surface area contributed by atoms with E-state index in [1.807, 2.05) is 31.5 Å². The molecule has 1 saturated heterocycles. The summed E-state index contributed by atoms with van der Waals surface area (Å²) in [6, 6.07) is 8.16. The van der Waals surface area contributed by atoms with Gasteiger partial charge < -0.3 is 9.88 Å². The Balaban J connectivity index is 2.13. The first-order valence-corrected chi connectivity index (χ1v) is 6.66. The highest BCUT2D eigenvalue weighted by atomic mass is 32.2. The quantitative estimate of drug-likeness (QED) is 0.640. The fourth-order valence-corrected chi connectivity index (χ4v) is 3.07. The molecule has 18 heavy (non-hydrogen) atoms. The van der Waals surface area contributed by atoms with Gasteiger partial charge >= 0.3 is 0 Å². The van der Waals surface area contributed by atoms with Crippen LogP contribution in [0.25, 0.3) is 17.0 Å². The highest BCUT2D eigenvalue weighted by molar-refractivity contribution is 8.19. The number of benzene rings is 1. The van der Waals surface area contributed by atoms with E-state index < -0.39 is 0 Å². The predicted octanol–water partition coefficient (Wildman–Crippen LogP) is 3.30. The molecular formula is C13H10N2OS2. The number of carbonyl (C=O) groups excluding carboxylic acids is 1. The van der Waals surface area contributed by atoms with Gasteiger partial charge in [0.05, 0.1) is 4.91 Å². The lowest BCUT2D eigenvalue weighted by molar-refractivity contribution is 0.265. The largest absolute Gasteiger partial charge is 0.350 e. The van der Waals surface area contributed by atoms with Gasteiger partial charge in [-0.2, -0.15) is 0 Å². The zero-order chi connectivity index (χ0) is 12.7. The first-order chi connectivity index (χ1) is 8.65. The molecule has 90 valence electrons. The minimum atomic E-state index is -0.105. The Kier molecular flexibility index (Phi) is 2.72. The van der Waals surface area contributed by atoms with Crippen LogP contribution in [-0.2, 0) is 7.05 Å². The molecule has 0 aliphatic carbocycles. The highest BCUT2D eigenvalue weighted by Crippen LogP contribution is 2.29. The van der Waals surface area contributed by atoms with E-state index in [9.17, 15) is 4.79 Å². The monoisotopic (exact) mass is 274 g/mol. The number of thioether (sulfide) groups is 1. The van der Waals surface area contributed by atoms with Crippen LogP contribution in [0, 0.1) is 0 Å². The molecule has 2 aromatic rings. The average molecular weight is 274 g/mol. The Labute approximate surface area is 114 Å². The van der Waals surface area contributed by atoms with E-state index in [1.54, 1.807) is 0 Å². The van der Waals surface area contributed by atoms with Crippen molar-refractivity contribution >= 4 is 51.2 Å². The van der Waals surface area contributed by atoms with Crippen LogP contribution in [0.1, 0.15) is 5.56 Å². The first kappa shape index (κ1) is 11.5. The maximum absolute atomic E-state index is 11.2. The van der Waals surface area contributed by atoms with Crippen LogP contribution in [0.5, 0.6) is 0 Å². The minimum Gasteiger partial charge on any atom is -0.350 e. The van der Waals surface area contributed by atoms with Gasteiger partial charge in [0.2, 0.25) is 0 Å². The van der Waals surface area contributed by atoms with Gasteiger partial charge in [0.15, 0.2) is 0 Å². The maximum atomic E-state index is 11.2. The lowest BCUT2D eigenvalue weighted by Gasteiger charge is -1.94. The third-order valence-corrected chi connectivity index (χ3v) is 4.14. The summed E-state index contributed by atoms with van der Waals surface area (Å²) in [6.07, 6.45) is 4.01. The van der Waals surface area contributed by atoms with Crippen LogP contribution in [0.2, 0.25) is 0 Å². The standard InChI is InChI=1S/C13H10N2OS2/c1-15-7-8(9-4-2-3-5-10(9)15)6-11-12(17)14-13(16)18-11/h2-7H,1H3,(H,14,16,17)/b11-6+. The Morgan fingerprint density at radius 1 is 1.39 bits per heavy atom. The molecule has 1 fully saturated rings. The van der Waals surface area contributed by atoms with Crippen molar-refractivity contribution in [2.45, 2.75) is 0 Å². The molecule has 1 amide bonds. The molecule has 0 bridgehead atoms. The van der Waals surface area contributed by atoms with E-state index in [0.29, 0.717) is 4.99 Å². The number of aromatic nitrogens is 1. The molecule has 5 heteroatoms. The number of thiocarbonyl (C=S) groups is 1. The molecule has 1 aliphatic heterocycles. The third-order valence-electron chi connectivity index (χ3n) is 2.86. The molecule has 1 aliphatic rings. The molecule has 0 spiro atoms. The SMILES string of the molecule is Cn1cc(/C=C2/SC(=O)NC2=S)c2ccccc21. The molecular weight excluding hydrogens is 264 g/mol. The Morgan fingerprint density at radius 3 is 2.89 bits per heavy atom. The number of para-hydroxylation sites is 1. The number of amides is 1. The predicted molar refractivity (Wildman–Crippen MR) is 79.6 cm³/mol. The number of carbonyl (C=O) groups is 1. The first-order valence-electron chi connectivity index (χ1n) is 5.44. The minimum absolute atomic E-state index is 0.105. The summed E-state index contributed by atoms with van der Waals surface area (Å²) >= 11 is 6.27. The van der Waals surface area contributed by atoms with Gasteiger partial charge in [0.25, 0.3) is 5.24 Å². The van der Waals surface area contributed by atoms with E-state index in [2.05, 4.69) is 22.0 Å². The van der Waals surface area contributed by atoms with Gasteiger partial charge in [-0.1, -0.05) is 30.4 Å². The molecule has 0 saturated carbocycles. The fraction of sp³-hybridized carbons (Fsp3) is 0.0769. The number of fused-ring (bicyclic) bond motifs is 1. The van der Waals surface area contributed by atoms with Crippen LogP contribution >= 0.6 is 24.0 Å². The van der Waals surface area contributed by atoms with Crippen LogP contribution in [-0.4, -0.2) is 14.8 Å². The van der Waals surface area contributed by atoms with Crippen molar-refractivity contribution in [3.8, 4) is 0 Å². The molecule has 1 aromatic carbocycles. The molecule has 0 unspecified atom stereocenters. The number of hydrogen-bond acceptors (Lipinski definition) is 3. The fourth-order valence-electron chi connectivity index (χ4n) is 2.05. The van der Waals surface area contributed by atoms with Gasteiger partial charge in [-0.3, -0.25) is 4.79 Å². The molecule has 3 nitrogen and oxygen atoms in total. The summed E-state index contributed by atoms with van der Waals surface area (Å²) in [5, 5.41) is 3.68. The number of hydrogen-bond donors (Lipinski definition) is 1. The van der Waals surface area contributed by atoms with Gasteiger partial charge in [0.1, 0.15) is 4.99 Å². The zero-order valence-corrected chi connectivity index (χ0v) is 11.3. The highest BCUT2D eigenvalue weighted by Gasteiger charge is 2.21. The van der Waals surface area contributed by atoms with E-state index >= 15 is 0 Å². The molecule has 3 rings (SSSR count). The normalized spacial score (nSPS) is 17.7. The van der Waals surface area contributed by atoms with E-state index in [-0.39, 0.29) is 5.24 Å². The van der Waals surface area contributed by atoms with Crippen molar-refractivity contribution in [2.24, 2.45) is 7.05 Å². The van der Waals surface area contributed by atoms with Crippen LogP contribution in [0.4, 0.5) is 4.79 Å². The van der Waals surface area contributed by atoms with Crippen molar-refractivity contribution in [2.75, 3.05) is 0 Å². The summed E-state index contributed by atoms with van der Waals surface area (Å²) < 4.78 is 2.07. The summed E-state index contributed by atoms with van der Waals surface area (Å²) in [5.41, 5.74) is 2.24. The van der Waals surface area contributed by atoms with Crippen molar-refractivity contribution in [3.63, 3.8) is 0 Å². The van der Waals surface area contributed by atoms with Crippen molar-refractivity contribution in [1.29, 1.82) is 0 Å². The third kappa shape index (κ3) is 1.85. The molecule has 1 aromatic heterocycles. The Hall–Kier alpha value is -1.59. The second-order valence-corrected chi connectivity index (χ2v) is 5.49. The van der Waals surface area contributed by atoms with Gasteiger partial charge in [-0.05, 0) is 23.9 Å². The van der Waals surface area contributed by atoms with E-state index in [1.165, 1.54) is 0 Å². The number of rotatable bonds is 1. The van der Waals surface area contributed by atoms with Crippen LogP contribution in [0.15, 0.2) is 35.4 Å². The molecule has 0 atom stereocenters. The Bertz CT molecular complexity index is 700. The van der Waals surface area contributed by atoms with E-state index in [0.717, 1.165) is 33.1 Å². The summed E-state index contributed by atoms with van der Waals surface area (Å²) in [7, 11) is 2.01. The zero-order valence-electron chi connectivity index (χ0n) is 9.64. The molecule has 2 heterocycles. The van der Waals surface area contributed by atoms with Crippen molar-refractivity contribution in [3.05, 3.63) is 40.9 Å². The summed E-state index contributed by atoms with van der Waals surface area (Å²) in [4.78, 5) is 12.6. The smallest absolute Gasteiger partial charge is 0.289 e. The lowest BCUT2D eigenvalue weighted by atomic mass is 10.1. The lowest BCUT2D eigenvalue weighted by Crippen LogP contribution is -2.15. The topological polar surface area (TPSA) is 34.0 Å². The summed E-state index contributed by atoms with van der Waals surface area (Å²) in [6.45, 7) is 0. The number of nitrogens with one attached hydrogen (secondary N) is 1. The van der Waals surface area contributed by atoms with Gasteiger partial charge in [-0.15, -0.1) is 0 Å². The second-order valence-electron chi connectivity index (χ2n) is 4.06. The molecule has 1 N–H and O–H groups in total. The maximum Gasteiger partial charge on any atom is 0.289 e. The Morgan fingerprint density at radius 2 is 2.17 bits per heavy atom. The average Bonchev–Trinajstić information content (AvgIpc) is 2.82. The molecule has 0 radical (unpaired) electrons.